The fourth-order valence-corrected chi connectivity index (χ4v) is 1.27. The average Bonchev–Trinajstić information content (AvgIpc) is 2.17. The molecule has 1 aromatic heterocycles. The van der Waals surface area contributed by atoms with Gasteiger partial charge in [-0.25, -0.2) is 0 Å². The van der Waals surface area contributed by atoms with Gasteiger partial charge in [-0.1, -0.05) is 0 Å². The van der Waals surface area contributed by atoms with E-state index in [-0.39, 0.29) is 12.3 Å². The second-order valence-corrected chi connectivity index (χ2v) is 3.13. The van der Waals surface area contributed by atoms with Crippen molar-refractivity contribution in [1.29, 1.82) is 0 Å². The molecular weight excluding hydrogens is 196 g/mol. The lowest BCUT2D eigenvalue weighted by molar-refractivity contribution is -0.137. The van der Waals surface area contributed by atoms with Crippen molar-refractivity contribution in [1.82, 2.24) is 10.3 Å². The minimum absolute atomic E-state index is 0.135. The van der Waals surface area contributed by atoms with Crippen molar-refractivity contribution in [3.8, 4) is 0 Å². The summed E-state index contributed by atoms with van der Waals surface area (Å²) in [6, 6.07) is 2.87. The molecule has 1 atom stereocenters. The highest BCUT2D eigenvalue weighted by Gasteiger charge is 2.15. The lowest BCUT2D eigenvalue weighted by Crippen LogP contribution is -2.27. The van der Waals surface area contributed by atoms with E-state index in [1.54, 1.807) is 24.5 Å². The number of rotatable bonds is 4. The number of nitrogens with zero attached hydrogens (tertiary/aromatic N) is 1. The highest BCUT2D eigenvalue weighted by Crippen LogP contribution is 2.15. The molecule has 0 saturated carbocycles. The van der Waals surface area contributed by atoms with Crippen LogP contribution in [0.25, 0.3) is 0 Å². The summed E-state index contributed by atoms with van der Waals surface area (Å²) >= 11 is 0. The molecule has 5 heteroatoms. The maximum absolute atomic E-state index is 10.9. The Balaban J connectivity index is 2.81. The first-order valence-corrected chi connectivity index (χ1v) is 4.48. The summed E-state index contributed by atoms with van der Waals surface area (Å²) in [5.74, 6) is -1.20. The van der Waals surface area contributed by atoms with Crippen molar-refractivity contribution in [3.63, 3.8) is 0 Å². The average molecular weight is 208 g/mol. The van der Waals surface area contributed by atoms with E-state index in [0.717, 1.165) is 5.56 Å². The van der Waals surface area contributed by atoms with Crippen molar-refractivity contribution in [2.24, 2.45) is 0 Å². The number of carbonyl (C=O) groups is 2. The monoisotopic (exact) mass is 208 g/mol. The minimum Gasteiger partial charge on any atom is -0.481 e. The number of carboxylic acids is 1. The molecule has 0 aliphatic carbocycles. The van der Waals surface area contributed by atoms with Crippen LogP contribution in [0.3, 0.4) is 0 Å². The second-order valence-electron chi connectivity index (χ2n) is 3.13. The molecule has 1 heterocycles. The van der Waals surface area contributed by atoms with Gasteiger partial charge in [-0.05, 0) is 17.7 Å². The molecule has 80 valence electrons. The zero-order valence-corrected chi connectivity index (χ0v) is 8.30. The third kappa shape index (κ3) is 3.76. The first-order chi connectivity index (χ1) is 7.09. The van der Waals surface area contributed by atoms with E-state index < -0.39 is 12.0 Å². The van der Waals surface area contributed by atoms with Gasteiger partial charge in [0, 0.05) is 19.3 Å². The number of carboxylic acid groups (broad SMARTS) is 1. The fraction of sp³-hybridized carbons (Fsp3) is 0.300. The molecule has 2 N–H and O–H groups in total. The molecule has 1 rings (SSSR count). The van der Waals surface area contributed by atoms with Crippen molar-refractivity contribution < 1.29 is 14.7 Å². The lowest BCUT2D eigenvalue weighted by Gasteiger charge is -2.15. The van der Waals surface area contributed by atoms with Gasteiger partial charge in [-0.2, -0.15) is 0 Å². The number of carbonyl (C=O) groups excluding carboxylic acids is 1. The van der Waals surface area contributed by atoms with Gasteiger partial charge in [0.2, 0.25) is 5.91 Å². The minimum atomic E-state index is -0.953. The molecule has 1 amide bonds. The van der Waals surface area contributed by atoms with Crippen LogP contribution in [0.2, 0.25) is 0 Å². The van der Waals surface area contributed by atoms with E-state index in [2.05, 4.69) is 10.3 Å². The maximum atomic E-state index is 10.9. The van der Waals surface area contributed by atoms with Crippen molar-refractivity contribution in [3.05, 3.63) is 30.1 Å². The molecular formula is C10H12N2O3. The Labute approximate surface area is 87.1 Å². The van der Waals surface area contributed by atoms with Crippen LogP contribution in [0.1, 0.15) is 24.9 Å². The summed E-state index contributed by atoms with van der Waals surface area (Å²) in [6.45, 7) is 1.36. The van der Waals surface area contributed by atoms with Gasteiger partial charge < -0.3 is 10.4 Å². The number of hydrogen-bond acceptors (Lipinski definition) is 3. The Bertz CT molecular complexity index is 335. The number of aromatic nitrogens is 1. The number of pyridine rings is 1. The summed E-state index contributed by atoms with van der Waals surface area (Å²) in [5.41, 5.74) is 0.739. The van der Waals surface area contributed by atoms with E-state index in [4.69, 9.17) is 5.11 Å². The molecule has 0 bridgehead atoms. The molecule has 15 heavy (non-hydrogen) atoms. The van der Waals surface area contributed by atoms with Crippen LogP contribution >= 0.6 is 0 Å². The highest BCUT2D eigenvalue weighted by molar-refractivity contribution is 5.75. The number of amides is 1. The maximum Gasteiger partial charge on any atom is 0.305 e. The van der Waals surface area contributed by atoms with Crippen molar-refractivity contribution >= 4 is 11.9 Å². The van der Waals surface area contributed by atoms with Gasteiger partial charge in [0.25, 0.3) is 0 Å². The van der Waals surface area contributed by atoms with E-state index >= 15 is 0 Å². The zero-order valence-electron chi connectivity index (χ0n) is 8.30. The van der Waals surface area contributed by atoms with Gasteiger partial charge in [-0.15, -0.1) is 0 Å². The Kier molecular flexibility index (Phi) is 3.79. The Morgan fingerprint density at radius 2 is 2.07 bits per heavy atom. The number of nitrogens with one attached hydrogen (secondary N) is 1. The zero-order chi connectivity index (χ0) is 11.3. The molecule has 0 fully saturated rings. The Morgan fingerprint density at radius 3 is 2.53 bits per heavy atom. The third-order valence-electron chi connectivity index (χ3n) is 1.86. The summed E-state index contributed by atoms with van der Waals surface area (Å²) in [5, 5.41) is 11.3. The van der Waals surface area contributed by atoms with Crippen LogP contribution in [0.15, 0.2) is 24.5 Å². The lowest BCUT2D eigenvalue weighted by atomic mass is 10.1. The highest BCUT2D eigenvalue weighted by atomic mass is 16.4. The fourth-order valence-electron chi connectivity index (χ4n) is 1.27. The molecule has 0 radical (unpaired) electrons. The van der Waals surface area contributed by atoms with Crippen LogP contribution in [0.4, 0.5) is 0 Å². The van der Waals surface area contributed by atoms with Crippen LogP contribution in [0, 0.1) is 0 Å². The van der Waals surface area contributed by atoms with Crippen molar-refractivity contribution in [2.75, 3.05) is 0 Å². The predicted octanol–water partition coefficient (Wildman–Crippen LogP) is 0.733. The number of hydrogen-bond donors (Lipinski definition) is 2. The molecule has 5 nitrogen and oxygen atoms in total. The largest absolute Gasteiger partial charge is 0.481 e. The van der Waals surface area contributed by atoms with Crippen LogP contribution in [0.5, 0.6) is 0 Å². The summed E-state index contributed by atoms with van der Waals surface area (Å²) < 4.78 is 0. The first kappa shape index (κ1) is 11.2. The second kappa shape index (κ2) is 5.09. The topological polar surface area (TPSA) is 79.3 Å². The van der Waals surface area contributed by atoms with Gasteiger partial charge >= 0.3 is 5.97 Å². The van der Waals surface area contributed by atoms with Gasteiger partial charge in [-0.3, -0.25) is 14.6 Å². The van der Waals surface area contributed by atoms with E-state index in [0.29, 0.717) is 0 Å². The Morgan fingerprint density at radius 1 is 1.47 bits per heavy atom. The standard InChI is InChI=1S/C10H12N2O3/c1-7(13)12-9(6-10(14)15)8-2-4-11-5-3-8/h2-5,9H,6H2,1H3,(H,12,13)(H,14,15)/t9-/m1/s1. The van der Waals surface area contributed by atoms with E-state index in [1.807, 2.05) is 0 Å². The van der Waals surface area contributed by atoms with Gasteiger partial charge in [0.15, 0.2) is 0 Å². The van der Waals surface area contributed by atoms with E-state index in [1.165, 1.54) is 6.92 Å². The number of aliphatic carboxylic acids is 1. The molecule has 1 aromatic rings. The molecule has 0 unspecified atom stereocenters. The van der Waals surface area contributed by atoms with E-state index in [9.17, 15) is 9.59 Å². The summed E-state index contributed by atoms with van der Waals surface area (Å²) in [4.78, 5) is 25.3. The van der Waals surface area contributed by atoms with Crippen LogP contribution in [-0.4, -0.2) is 22.0 Å². The van der Waals surface area contributed by atoms with Crippen molar-refractivity contribution in [2.45, 2.75) is 19.4 Å². The predicted molar refractivity (Wildman–Crippen MR) is 53.0 cm³/mol. The van der Waals surface area contributed by atoms with Gasteiger partial charge in [0.1, 0.15) is 0 Å². The normalized spacial score (nSPS) is 11.8. The van der Waals surface area contributed by atoms with Crippen LogP contribution in [-0.2, 0) is 9.59 Å². The smallest absolute Gasteiger partial charge is 0.305 e. The SMILES string of the molecule is CC(=O)N[C@H](CC(=O)O)c1ccncc1. The Hall–Kier alpha value is -1.91. The third-order valence-corrected chi connectivity index (χ3v) is 1.86. The molecule has 0 aromatic carbocycles. The first-order valence-electron chi connectivity index (χ1n) is 4.48. The molecule has 0 saturated heterocycles. The molecule has 0 aliphatic heterocycles. The quantitative estimate of drug-likeness (QED) is 0.764. The molecule has 0 spiro atoms. The molecule has 0 aliphatic rings. The summed E-state index contributed by atoms with van der Waals surface area (Å²) in [7, 11) is 0. The van der Waals surface area contributed by atoms with Crippen LogP contribution < -0.4 is 5.32 Å². The summed E-state index contributed by atoms with van der Waals surface area (Å²) in [6.07, 6.45) is 2.99. The van der Waals surface area contributed by atoms with Gasteiger partial charge in [0.05, 0.1) is 12.5 Å².